The van der Waals surface area contributed by atoms with Gasteiger partial charge < -0.3 is 15.4 Å². The van der Waals surface area contributed by atoms with Crippen molar-refractivity contribution in [3.05, 3.63) is 53.2 Å². The van der Waals surface area contributed by atoms with Crippen molar-refractivity contribution in [2.45, 2.75) is 6.23 Å². The van der Waals surface area contributed by atoms with E-state index in [2.05, 4.69) is 20.3 Å². The van der Waals surface area contributed by atoms with Gasteiger partial charge in [0.25, 0.3) is 0 Å². The largest absolute Gasteiger partial charge is 0.369 e. The zero-order valence-corrected chi connectivity index (χ0v) is 10.9. The Kier molecular flexibility index (Phi) is 3.25. The molecule has 0 spiro atoms. The highest BCUT2D eigenvalue weighted by molar-refractivity contribution is 6.31. The molecule has 3 rings (SSSR count). The van der Waals surface area contributed by atoms with Crippen molar-refractivity contribution in [2.75, 3.05) is 5.32 Å². The molecule has 1 atom stereocenters. The molecule has 0 bridgehead atoms. The topological polar surface area (TPSA) is 73.8 Å². The number of aliphatic hydroxyl groups is 1. The maximum Gasteiger partial charge on any atom is 0.177 e. The number of hydrogen-bond donors (Lipinski definition) is 3. The van der Waals surface area contributed by atoms with Crippen LogP contribution in [-0.4, -0.2) is 20.1 Å². The van der Waals surface area contributed by atoms with E-state index >= 15 is 0 Å². The van der Waals surface area contributed by atoms with E-state index < -0.39 is 12.0 Å². The Bertz CT molecular complexity index is 761. The first-order valence-electron chi connectivity index (χ1n) is 5.83. The zero-order chi connectivity index (χ0) is 14.1. The van der Waals surface area contributed by atoms with Crippen LogP contribution in [0.25, 0.3) is 11.2 Å². The SMILES string of the molecule is OC(Nc1ccc(F)c(Cl)c1)c1ccnc2nc[nH]c12. The molecule has 7 heteroatoms. The number of hydrogen-bond acceptors (Lipinski definition) is 4. The van der Waals surface area contributed by atoms with Gasteiger partial charge in [0.2, 0.25) is 0 Å². The van der Waals surface area contributed by atoms with Gasteiger partial charge in [-0.25, -0.2) is 14.4 Å². The van der Waals surface area contributed by atoms with Crippen LogP contribution in [0.5, 0.6) is 0 Å². The van der Waals surface area contributed by atoms with E-state index in [1.807, 2.05) is 0 Å². The molecular formula is C13H10ClFN4O. The molecule has 2 heterocycles. The Labute approximate surface area is 118 Å². The van der Waals surface area contributed by atoms with Crippen LogP contribution in [-0.2, 0) is 0 Å². The quantitative estimate of drug-likeness (QED) is 0.649. The second-order valence-electron chi connectivity index (χ2n) is 4.18. The van der Waals surface area contributed by atoms with E-state index in [1.165, 1.54) is 24.5 Å². The number of aliphatic hydroxyl groups excluding tert-OH is 1. The Balaban J connectivity index is 1.90. The van der Waals surface area contributed by atoms with Gasteiger partial charge in [-0.3, -0.25) is 0 Å². The normalized spacial score (nSPS) is 12.6. The van der Waals surface area contributed by atoms with Crippen LogP contribution in [0, 0.1) is 5.82 Å². The highest BCUT2D eigenvalue weighted by atomic mass is 35.5. The van der Waals surface area contributed by atoms with Crippen molar-refractivity contribution >= 4 is 28.5 Å². The van der Waals surface area contributed by atoms with Gasteiger partial charge in [0.1, 0.15) is 5.82 Å². The number of anilines is 1. The molecule has 0 saturated heterocycles. The summed E-state index contributed by atoms with van der Waals surface area (Å²) in [6.07, 6.45) is 2.06. The third-order valence-corrected chi connectivity index (χ3v) is 3.17. The molecule has 2 aromatic heterocycles. The van der Waals surface area contributed by atoms with E-state index in [-0.39, 0.29) is 5.02 Å². The van der Waals surface area contributed by atoms with Crippen LogP contribution in [0.3, 0.4) is 0 Å². The molecule has 102 valence electrons. The smallest absolute Gasteiger partial charge is 0.177 e. The number of H-pyrrole nitrogens is 1. The van der Waals surface area contributed by atoms with Gasteiger partial charge in [-0.2, -0.15) is 0 Å². The summed E-state index contributed by atoms with van der Waals surface area (Å²) in [7, 11) is 0. The van der Waals surface area contributed by atoms with E-state index in [1.54, 1.807) is 12.3 Å². The van der Waals surface area contributed by atoms with Gasteiger partial charge in [0, 0.05) is 17.4 Å². The van der Waals surface area contributed by atoms with Crippen molar-refractivity contribution in [3.8, 4) is 0 Å². The fraction of sp³-hybridized carbons (Fsp3) is 0.0769. The van der Waals surface area contributed by atoms with E-state index in [9.17, 15) is 9.50 Å². The number of aromatic amines is 1. The Hall–Kier alpha value is -2.18. The van der Waals surface area contributed by atoms with Crippen LogP contribution in [0.2, 0.25) is 5.02 Å². The van der Waals surface area contributed by atoms with Crippen LogP contribution in [0.15, 0.2) is 36.8 Å². The lowest BCUT2D eigenvalue weighted by atomic mass is 10.2. The lowest BCUT2D eigenvalue weighted by Crippen LogP contribution is -2.10. The first-order chi connectivity index (χ1) is 9.65. The van der Waals surface area contributed by atoms with E-state index in [0.29, 0.717) is 22.4 Å². The Morgan fingerprint density at radius 3 is 2.95 bits per heavy atom. The van der Waals surface area contributed by atoms with Gasteiger partial charge in [-0.1, -0.05) is 11.6 Å². The fourth-order valence-corrected chi connectivity index (χ4v) is 2.10. The van der Waals surface area contributed by atoms with Crippen molar-refractivity contribution < 1.29 is 9.50 Å². The third-order valence-electron chi connectivity index (χ3n) is 2.88. The minimum absolute atomic E-state index is 0.0105. The number of benzene rings is 1. The Morgan fingerprint density at radius 1 is 1.30 bits per heavy atom. The number of pyridine rings is 1. The summed E-state index contributed by atoms with van der Waals surface area (Å²) in [6.45, 7) is 0. The van der Waals surface area contributed by atoms with Crippen molar-refractivity contribution in [2.24, 2.45) is 0 Å². The predicted molar refractivity (Wildman–Crippen MR) is 73.9 cm³/mol. The fourth-order valence-electron chi connectivity index (χ4n) is 1.92. The molecule has 0 saturated carbocycles. The standard InChI is InChI=1S/C13H10ClFN4O/c14-9-5-7(1-2-10(9)15)19-13(20)8-3-4-16-12-11(8)17-6-18-12/h1-6,13,19-20H,(H,16,17,18). The number of nitrogens with one attached hydrogen (secondary N) is 2. The maximum absolute atomic E-state index is 13.1. The summed E-state index contributed by atoms with van der Waals surface area (Å²) in [5.41, 5.74) is 2.25. The lowest BCUT2D eigenvalue weighted by molar-refractivity contribution is 0.209. The second-order valence-corrected chi connectivity index (χ2v) is 4.58. The van der Waals surface area contributed by atoms with Crippen molar-refractivity contribution in [3.63, 3.8) is 0 Å². The monoisotopic (exact) mass is 292 g/mol. The number of aromatic nitrogens is 3. The summed E-state index contributed by atoms with van der Waals surface area (Å²) in [5.74, 6) is -0.508. The zero-order valence-electron chi connectivity index (χ0n) is 10.1. The molecule has 0 aliphatic carbocycles. The third kappa shape index (κ3) is 2.31. The molecule has 20 heavy (non-hydrogen) atoms. The molecule has 0 fully saturated rings. The van der Waals surface area contributed by atoms with Crippen LogP contribution in [0.4, 0.5) is 10.1 Å². The molecule has 1 unspecified atom stereocenters. The second kappa shape index (κ2) is 5.07. The number of fused-ring (bicyclic) bond motifs is 1. The number of halogens is 2. The Morgan fingerprint density at radius 2 is 2.15 bits per heavy atom. The molecule has 0 amide bonds. The lowest BCUT2D eigenvalue weighted by Gasteiger charge is -2.15. The highest BCUT2D eigenvalue weighted by Crippen LogP contribution is 2.25. The van der Waals surface area contributed by atoms with E-state index in [4.69, 9.17) is 11.6 Å². The number of imidazole rings is 1. The first kappa shape index (κ1) is 12.8. The minimum atomic E-state index is -0.998. The number of rotatable bonds is 3. The molecule has 3 aromatic rings. The van der Waals surface area contributed by atoms with Crippen LogP contribution < -0.4 is 5.32 Å². The molecule has 1 aromatic carbocycles. The summed E-state index contributed by atoms with van der Waals surface area (Å²) >= 11 is 5.70. The van der Waals surface area contributed by atoms with Gasteiger partial charge in [-0.05, 0) is 24.3 Å². The van der Waals surface area contributed by atoms with Gasteiger partial charge in [-0.15, -0.1) is 0 Å². The van der Waals surface area contributed by atoms with Crippen molar-refractivity contribution in [1.29, 1.82) is 0 Å². The molecule has 3 N–H and O–H groups in total. The summed E-state index contributed by atoms with van der Waals surface area (Å²) in [4.78, 5) is 11.0. The van der Waals surface area contributed by atoms with Gasteiger partial charge >= 0.3 is 0 Å². The highest BCUT2D eigenvalue weighted by Gasteiger charge is 2.13. The molecule has 0 aliphatic heterocycles. The molecule has 0 radical (unpaired) electrons. The molecule has 5 nitrogen and oxygen atoms in total. The summed E-state index contributed by atoms with van der Waals surface area (Å²) in [5, 5.41) is 13.1. The number of nitrogens with zero attached hydrogens (tertiary/aromatic N) is 2. The molecule has 0 aliphatic rings. The first-order valence-corrected chi connectivity index (χ1v) is 6.20. The predicted octanol–water partition coefficient (Wildman–Crippen LogP) is 2.85. The maximum atomic E-state index is 13.1. The van der Waals surface area contributed by atoms with E-state index in [0.717, 1.165) is 0 Å². The van der Waals surface area contributed by atoms with Gasteiger partial charge in [0.05, 0.1) is 16.9 Å². The van der Waals surface area contributed by atoms with Crippen LogP contribution in [0.1, 0.15) is 11.8 Å². The summed E-state index contributed by atoms with van der Waals surface area (Å²) in [6, 6.07) is 5.81. The van der Waals surface area contributed by atoms with Crippen LogP contribution >= 0.6 is 11.6 Å². The minimum Gasteiger partial charge on any atom is -0.369 e. The summed E-state index contributed by atoms with van der Waals surface area (Å²) < 4.78 is 13.1. The average Bonchev–Trinajstić information content (AvgIpc) is 2.91. The molecular weight excluding hydrogens is 283 g/mol. The van der Waals surface area contributed by atoms with Crippen molar-refractivity contribution in [1.82, 2.24) is 15.0 Å². The average molecular weight is 293 g/mol. The van der Waals surface area contributed by atoms with Gasteiger partial charge in [0.15, 0.2) is 11.9 Å².